The van der Waals surface area contributed by atoms with Crippen LogP contribution in [0.5, 0.6) is 11.5 Å². The van der Waals surface area contributed by atoms with Gasteiger partial charge in [-0.05, 0) is 37.1 Å². The highest BCUT2D eigenvalue weighted by atomic mass is 35.5. The minimum absolute atomic E-state index is 0. The van der Waals surface area contributed by atoms with E-state index in [1.165, 1.54) is 24.3 Å². The van der Waals surface area contributed by atoms with Crippen LogP contribution in [-0.4, -0.2) is 18.5 Å². The van der Waals surface area contributed by atoms with Crippen LogP contribution in [0.25, 0.3) is 0 Å². The summed E-state index contributed by atoms with van der Waals surface area (Å²) in [6.07, 6.45) is -3.04. The SMILES string of the molecule is Cl.NC1CC(Oc2ccc(OC(F)(F)F)cc2)C1. The second-order valence-electron chi connectivity index (χ2n) is 3.99. The molecule has 0 bridgehead atoms. The van der Waals surface area contributed by atoms with E-state index in [-0.39, 0.29) is 30.3 Å². The van der Waals surface area contributed by atoms with Gasteiger partial charge in [0.05, 0.1) is 0 Å². The topological polar surface area (TPSA) is 44.5 Å². The van der Waals surface area contributed by atoms with E-state index in [0.717, 1.165) is 12.8 Å². The largest absolute Gasteiger partial charge is 0.573 e. The lowest BCUT2D eigenvalue weighted by atomic mass is 9.90. The van der Waals surface area contributed by atoms with Crippen molar-refractivity contribution in [1.29, 1.82) is 0 Å². The fraction of sp³-hybridized carbons (Fsp3) is 0.455. The van der Waals surface area contributed by atoms with Gasteiger partial charge in [-0.25, -0.2) is 0 Å². The van der Waals surface area contributed by atoms with Crippen LogP contribution in [0.4, 0.5) is 13.2 Å². The van der Waals surface area contributed by atoms with Gasteiger partial charge in [0.1, 0.15) is 17.6 Å². The molecule has 1 aliphatic carbocycles. The van der Waals surface area contributed by atoms with Crippen molar-refractivity contribution in [2.45, 2.75) is 31.3 Å². The summed E-state index contributed by atoms with van der Waals surface area (Å²) in [5.74, 6) is 0.270. The number of rotatable bonds is 3. The van der Waals surface area contributed by atoms with E-state index in [1.807, 2.05) is 0 Å². The molecule has 0 heterocycles. The Kier molecular flexibility index (Phi) is 4.70. The number of hydrogen-bond acceptors (Lipinski definition) is 3. The Bertz CT molecular complexity index is 377. The van der Waals surface area contributed by atoms with E-state index < -0.39 is 6.36 Å². The molecule has 0 radical (unpaired) electrons. The van der Waals surface area contributed by atoms with Gasteiger partial charge in [0.2, 0.25) is 0 Å². The van der Waals surface area contributed by atoms with Crippen molar-refractivity contribution in [3.63, 3.8) is 0 Å². The third-order valence-electron chi connectivity index (χ3n) is 2.49. The van der Waals surface area contributed by atoms with Crippen LogP contribution in [0, 0.1) is 0 Å². The highest BCUT2D eigenvalue weighted by Gasteiger charge is 2.31. The predicted octanol–water partition coefficient (Wildman–Crippen LogP) is 2.88. The molecule has 102 valence electrons. The zero-order valence-corrected chi connectivity index (χ0v) is 10.1. The Morgan fingerprint density at radius 3 is 2.00 bits per heavy atom. The second-order valence-corrected chi connectivity index (χ2v) is 3.99. The first-order valence-corrected chi connectivity index (χ1v) is 5.20. The number of halogens is 4. The van der Waals surface area contributed by atoms with Gasteiger partial charge in [0.15, 0.2) is 0 Å². The highest BCUT2D eigenvalue weighted by molar-refractivity contribution is 5.85. The smallest absolute Gasteiger partial charge is 0.490 e. The van der Waals surface area contributed by atoms with Crippen LogP contribution in [0.1, 0.15) is 12.8 Å². The molecule has 2 N–H and O–H groups in total. The molecule has 0 atom stereocenters. The van der Waals surface area contributed by atoms with Gasteiger partial charge >= 0.3 is 6.36 Å². The molecule has 0 unspecified atom stereocenters. The van der Waals surface area contributed by atoms with Crippen LogP contribution in [0.15, 0.2) is 24.3 Å². The maximum atomic E-state index is 11.9. The van der Waals surface area contributed by atoms with E-state index >= 15 is 0 Å². The second kappa shape index (κ2) is 5.67. The first-order valence-electron chi connectivity index (χ1n) is 5.20. The number of alkyl halides is 3. The molecule has 2 rings (SSSR count). The van der Waals surface area contributed by atoms with Crippen molar-refractivity contribution in [2.75, 3.05) is 0 Å². The van der Waals surface area contributed by atoms with E-state index in [9.17, 15) is 13.2 Å². The molecule has 0 saturated heterocycles. The standard InChI is InChI=1S/C11H12F3NO2.ClH/c12-11(13,14)17-9-3-1-8(2-4-9)16-10-5-7(15)6-10;/h1-4,7,10H,5-6,15H2;1H. The average Bonchev–Trinajstić information content (AvgIpc) is 2.16. The van der Waals surface area contributed by atoms with Gasteiger partial charge in [-0.3, -0.25) is 0 Å². The number of nitrogens with two attached hydrogens (primary N) is 1. The van der Waals surface area contributed by atoms with Gasteiger partial charge in [0.25, 0.3) is 0 Å². The zero-order chi connectivity index (χ0) is 12.5. The molecule has 1 fully saturated rings. The zero-order valence-electron chi connectivity index (χ0n) is 9.31. The van der Waals surface area contributed by atoms with Crippen molar-refractivity contribution < 1.29 is 22.6 Å². The van der Waals surface area contributed by atoms with Crippen LogP contribution in [-0.2, 0) is 0 Å². The average molecular weight is 284 g/mol. The van der Waals surface area contributed by atoms with E-state index in [1.54, 1.807) is 0 Å². The Morgan fingerprint density at radius 2 is 1.56 bits per heavy atom. The molecular weight excluding hydrogens is 271 g/mol. The van der Waals surface area contributed by atoms with Crippen molar-refractivity contribution in [1.82, 2.24) is 0 Å². The lowest BCUT2D eigenvalue weighted by Gasteiger charge is -2.32. The number of benzene rings is 1. The molecule has 18 heavy (non-hydrogen) atoms. The molecule has 3 nitrogen and oxygen atoms in total. The lowest BCUT2D eigenvalue weighted by molar-refractivity contribution is -0.274. The van der Waals surface area contributed by atoms with Gasteiger partial charge in [-0.1, -0.05) is 0 Å². The summed E-state index contributed by atoms with van der Waals surface area (Å²) >= 11 is 0. The summed E-state index contributed by atoms with van der Waals surface area (Å²) < 4.78 is 44.9. The molecule has 1 saturated carbocycles. The van der Waals surface area contributed by atoms with Crippen molar-refractivity contribution in [3.05, 3.63) is 24.3 Å². The molecule has 0 aliphatic heterocycles. The minimum Gasteiger partial charge on any atom is -0.490 e. The monoisotopic (exact) mass is 283 g/mol. The third-order valence-corrected chi connectivity index (χ3v) is 2.49. The summed E-state index contributed by atoms with van der Waals surface area (Å²) in [6.45, 7) is 0. The van der Waals surface area contributed by atoms with Gasteiger partial charge < -0.3 is 15.2 Å². The molecule has 0 spiro atoms. The third kappa shape index (κ3) is 4.27. The summed E-state index contributed by atoms with van der Waals surface area (Å²) in [6, 6.07) is 5.52. The Balaban J connectivity index is 0.00000162. The van der Waals surface area contributed by atoms with E-state index in [0.29, 0.717) is 5.75 Å². The van der Waals surface area contributed by atoms with Crippen LogP contribution in [0.2, 0.25) is 0 Å². The molecule has 0 aromatic heterocycles. The van der Waals surface area contributed by atoms with Crippen LogP contribution >= 0.6 is 12.4 Å². The van der Waals surface area contributed by atoms with Gasteiger partial charge in [0, 0.05) is 6.04 Å². The maximum Gasteiger partial charge on any atom is 0.573 e. The Labute approximate surface area is 108 Å². The first-order chi connectivity index (χ1) is 7.92. The normalized spacial score (nSPS) is 22.7. The molecule has 1 aromatic carbocycles. The molecule has 0 amide bonds. The van der Waals surface area contributed by atoms with Gasteiger partial charge in [-0.15, -0.1) is 25.6 Å². The quantitative estimate of drug-likeness (QED) is 0.928. The Morgan fingerprint density at radius 1 is 1.06 bits per heavy atom. The Hall–Kier alpha value is -1.14. The fourth-order valence-corrected chi connectivity index (χ4v) is 1.61. The first kappa shape index (κ1) is 14.9. The molecule has 1 aliphatic rings. The molecule has 1 aromatic rings. The van der Waals surface area contributed by atoms with E-state index in [2.05, 4.69) is 4.74 Å². The summed E-state index contributed by atoms with van der Waals surface area (Å²) in [7, 11) is 0. The summed E-state index contributed by atoms with van der Waals surface area (Å²) in [5.41, 5.74) is 5.59. The number of hydrogen-bond donors (Lipinski definition) is 1. The maximum absolute atomic E-state index is 11.9. The fourth-order valence-electron chi connectivity index (χ4n) is 1.61. The minimum atomic E-state index is -4.66. The van der Waals surface area contributed by atoms with Crippen molar-refractivity contribution >= 4 is 12.4 Å². The lowest BCUT2D eigenvalue weighted by Crippen LogP contribution is -2.43. The summed E-state index contributed by atoms with van der Waals surface area (Å²) in [4.78, 5) is 0. The van der Waals surface area contributed by atoms with Crippen LogP contribution in [0.3, 0.4) is 0 Å². The van der Waals surface area contributed by atoms with Crippen molar-refractivity contribution in [2.24, 2.45) is 5.73 Å². The van der Waals surface area contributed by atoms with Crippen LogP contribution < -0.4 is 15.2 Å². The van der Waals surface area contributed by atoms with Gasteiger partial charge in [-0.2, -0.15) is 0 Å². The molecule has 7 heteroatoms. The number of ether oxygens (including phenoxy) is 2. The highest BCUT2D eigenvalue weighted by Crippen LogP contribution is 2.28. The van der Waals surface area contributed by atoms with E-state index in [4.69, 9.17) is 10.5 Å². The van der Waals surface area contributed by atoms with Crippen molar-refractivity contribution in [3.8, 4) is 11.5 Å². The predicted molar refractivity (Wildman–Crippen MR) is 62.0 cm³/mol. The molecular formula is C11H13ClF3NO2. The summed E-state index contributed by atoms with van der Waals surface area (Å²) in [5, 5.41) is 0.